The number of imidazole rings is 1. The number of amides is 2. The molecule has 1 fully saturated rings. The van der Waals surface area contributed by atoms with Gasteiger partial charge in [-0.2, -0.15) is 0 Å². The summed E-state index contributed by atoms with van der Waals surface area (Å²) in [6.07, 6.45) is 1.37. The number of rotatable bonds is 5. The van der Waals surface area contributed by atoms with Crippen LogP contribution in [0.15, 0.2) is 30.5 Å². The second-order valence-electron chi connectivity index (χ2n) is 7.28. The summed E-state index contributed by atoms with van der Waals surface area (Å²) in [7, 11) is 4.88. The van der Waals surface area contributed by atoms with Crippen molar-refractivity contribution in [2.24, 2.45) is 0 Å². The third-order valence-corrected chi connectivity index (χ3v) is 5.04. The number of fused-ring (bicyclic) bond motifs is 1. The van der Waals surface area contributed by atoms with Gasteiger partial charge in [-0.15, -0.1) is 0 Å². The predicted molar refractivity (Wildman–Crippen MR) is 116 cm³/mol. The van der Waals surface area contributed by atoms with E-state index in [4.69, 9.17) is 9.47 Å². The lowest BCUT2D eigenvalue weighted by atomic mass is 10.2. The molecule has 3 aromatic rings. The second-order valence-corrected chi connectivity index (χ2v) is 7.28. The number of anilines is 2. The summed E-state index contributed by atoms with van der Waals surface area (Å²) < 4.78 is 10.9. The molecule has 0 bridgehead atoms. The Bertz CT molecular complexity index is 1100. The Morgan fingerprint density at radius 2 is 1.97 bits per heavy atom. The molecule has 2 aromatic heterocycles. The highest BCUT2D eigenvalue weighted by molar-refractivity contribution is 6.05. The van der Waals surface area contributed by atoms with Crippen molar-refractivity contribution in [3.8, 4) is 5.75 Å². The van der Waals surface area contributed by atoms with Gasteiger partial charge in [-0.3, -0.25) is 19.9 Å². The number of nitrogens with one attached hydrogen (secondary N) is 2. The Kier molecular flexibility index (Phi) is 5.72. The van der Waals surface area contributed by atoms with E-state index in [1.807, 2.05) is 12.1 Å². The molecule has 1 aliphatic rings. The van der Waals surface area contributed by atoms with Crippen LogP contribution in [0.2, 0.25) is 0 Å². The van der Waals surface area contributed by atoms with Crippen LogP contribution >= 0.6 is 0 Å². The van der Waals surface area contributed by atoms with E-state index in [1.165, 1.54) is 17.2 Å². The largest absolute Gasteiger partial charge is 0.494 e. The van der Waals surface area contributed by atoms with Gasteiger partial charge in [-0.05, 0) is 24.3 Å². The van der Waals surface area contributed by atoms with Crippen molar-refractivity contribution in [2.45, 2.75) is 0 Å². The molecule has 0 unspecified atom stereocenters. The lowest BCUT2D eigenvalue weighted by Crippen LogP contribution is -2.36. The normalized spacial score (nSPS) is 13.8. The molecule has 10 heteroatoms. The van der Waals surface area contributed by atoms with Gasteiger partial charge in [-0.1, -0.05) is 0 Å². The van der Waals surface area contributed by atoms with Crippen molar-refractivity contribution < 1.29 is 19.1 Å². The van der Waals surface area contributed by atoms with Gasteiger partial charge in [0.05, 0.1) is 31.6 Å². The van der Waals surface area contributed by atoms with E-state index in [9.17, 15) is 9.59 Å². The number of aromatic nitrogens is 3. The number of carbonyl (C=O) groups excluding carboxylic acids is 2. The monoisotopic (exact) mass is 424 g/mol. The molecule has 10 nitrogen and oxygen atoms in total. The van der Waals surface area contributed by atoms with Crippen molar-refractivity contribution in [3.05, 3.63) is 41.7 Å². The third kappa shape index (κ3) is 4.15. The van der Waals surface area contributed by atoms with Crippen LogP contribution in [0.4, 0.5) is 11.6 Å². The molecule has 31 heavy (non-hydrogen) atoms. The van der Waals surface area contributed by atoms with Crippen molar-refractivity contribution >= 4 is 34.5 Å². The third-order valence-electron chi connectivity index (χ3n) is 5.04. The molecular formula is C21H24N6O4. The van der Waals surface area contributed by atoms with E-state index < -0.39 is 0 Å². The van der Waals surface area contributed by atoms with E-state index in [1.54, 1.807) is 27.3 Å². The molecule has 1 aromatic carbocycles. The van der Waals surface area contributed by atoms with Crippen LogP contribution in [0.1, 0.15) is 20.8 Å². The smallest absolute Gasteiger partial charge is 0.271 e. The molecule has 0 atom stereocenters. The Morgan fingerprint density at radius 3 is 2.61 bits per heavy atom. The minimum Gasteiger partial charge on any atom is -0.494 e. The first kappa shape index (κ1) is 20.6. The van der Waals surface area contributed by atoms with E-state index >= 15 is 0 Å². The molecule has 2 amide bonds. The molecule has 0 spiro atoms. The number of carbonyl (C=O) groups is 2. The van der Waals surface area contributed by atoms with Gasteiger partial charge in [0, 0.05) is 33.4 Å². The summed E-state index contributed by atoms with van der Waals surface area (Å²) in [6, 6.07) is 6.92. The van der Waals surface area contributed by atoms with Crippen molar-refractivity contribution in [3.63, 3.8) is 0 Å². The fourth-order valence-corrected chi connectivity index (χ4v) is 3.41. The number of hydrogen-bond donors (Lipinski definition) is 2. The molecule has 3 heterocycles. The maximum Gasteiger partial charge on any atom is 0.271 e. The standard InChI is InChI=1S/C21H24N6O4/c1-26(2)20(29)14-5-4-13(12-22-14)19(28)25-21-23-17-15(27-8-10-31-11-9-27)6-7-16(30-3)18(17)24-21/h4-7,12H,8-11H2,1-3H3,(H2,23,24,25,28). The zero-order valence-corrected chi connectivity index (χ0v) is 17.6. The lowest BCUT2D eigenvalue weighted by Gasteiger charge is -2.29. The number of pyridine rings is 1. The quantitative estimate of drug-likeness (QED) is 0.642. The minimum atomic E-state index is -0.387. The van der Waals surface area contributed by atoms with Gasteiger partial charge in [0.2, 0.25) is 5.95 Å². The summed E-state index contributed by atoms with van der Waals surface area (Å²) in [5.74, 6) is 0.315. The summed E-state index contributed by atoms with van der Waals surface area (Å²) in [5.41, 5.74) is 2.94. The van der Waals surface area contributed by atoms with Crippen LogP contribution in [0, 0.1) is 0 Å². The van der Waals surface area contributed by atoms with Crippen molar-refractivity contribution in [1.82, 2.24) is 19.9 Å². The van der Waals surface area contributed by atoms with Crippen LogP contribution in [0.3, 0.4) is 0 Å². The van der Waals surface area contributed by atoms with Gasteiger partial charge in [0.1, 0.15) is 22.5 Å². The molecule has 1 aliphatic heterocycles. The highest BCUT2D eigenvalue weighted by atomic mass is 16.5. The van der Waals surface area contributed by atoms with Crippen LogP contribution in [-0.4, -0.2) is 79.2 Å². The van der Waals surface area contributed by atoms with Crippen LogP contribution in [0.5, 0.6) is 5.75 Å². The van der Waals surface area contributed by atoms with E-state index in [0.29, 0.717) is 41.5 Å². The summed E-state index contributed by atoms with van der Waals surface area (Å²) in [5, 5.41) is 2.76. The zero-order valence-electron chi connectivity index (χ0n) is 17.6. The highest BCUT2D eigenvalue weighted by Crippen LogP contribution is 2.33. The number of nitrogens with zero attached hydrogens (tertiary/aromatic N) is 4. The fraction of sp³-hybridized carbons (Fsp3) is 0.333. The average molecular weight is 424 g/mol. The second kappa shape index (κ2) is 8.60. The Balaban J connectivity index is 1.59. The van der Waals surface area contributed by atoms with E-state index in [2.05, 4.69) is 25.2 Å². The van der Waals surface area contributed by atoms with Gasteiger partial charge in [0.25, 0.3) is 11.8 Å². The van der Waals surface area contributed by atoms with Gasteiger partial charge in [0.15, 0.2) is 0 Å². The molecule has 0 radical (unpaired) electrons. The molecule has 2 N–H and O–H groups in total. The number of H-pyrrole nitrogens is 1. The number of morpholine rings is 1. The van der Waals surface area contributed by atoms with Crippen LogP contribution in [0.25, 0.3) is 11.0 Å². The number of benzene rings is 1. The first-order chi connectivity index (χ1) is 15.0. The van der Waals surface area contributed by atoms with E-state index in [-0.39, 0.29) is 17.5 Å². The zero-order chi connectivity index (χ0) is 22.0. The minimum absolute atomic E-state index is 0.230. The molecule has 162 valence electrons. The van der Waals surface area contributed by atoms with Gasteiger partial charge >= 0.3 is 0 Å². The summed E-state index contributed by atoms with van der Waals surface area (Å²) in [6.45, 7) is 2.83. The Hall–Kier alpha value is -3.66. The lowest BCUT2D eigenvalue weighted by molar-refractivity contribution is 0.0821. The first-order valence-corrected chi connectivity index (χ1v) is 9.86. The maximum atomic E-state index is 12.7. The van der Waals surface area contributed by atoms with Crippen LogP contribution < -0.4 is 15.0 Å². The predicted octanol–water partition coefficient (Wildman–Crippen LogP) is 1.76. The average Bonchev–Trinajstić information content (AvgIpc) is 3.22. The van der Waals surface area contributed by atoms with Crippen LogP contribution in [-0.2, 0) is 4.74 Å². The van der Waals surface area contributed by atoms with E-state index in [0.717, 1.165) is 18.8 Å². The number of methoxy groups -OCH3 is 1. The summed E-state index contributed by atoms with van der Waals surface area (Å²) >= 11 is 0. The first-order valence-electron chi connectivity index (χ1n) is 9.86. The molecular weight excluding hydrogens is 400 g/mol. The number of aromatic amines is 1. The maximum absolute atomic E-state index is 12.7. The molecule has 0 aliphatic carbocycles. The molecule has 4 rings (SSSR count). The molecule has 1 saturated heterocycles. The van der Waals surface area contributed by atoms with Gasteiger partial charge in [-0.25, -0.2) is 4.98 Å². The Labute approximate surface area is 179 Å². The Morgan fingerprint density at radius 1 is 1.19 bits per heavy atom. The number of ether oxygens (including phenoxy) is 2. The van der Waals surface area contributed by atoms with Crippen molar-refractivity contribution in [2.75, 3.05) is 57.7 Å². The highest BCUT2D eigenvalue weighted by Gasteiger charge is 2.20. The van der Waals surface area contributed by atoms with Gasteiger partial charge < -0.3 is 24.3 Å². The SMILES string of the molecule is COc1ccc(N2CCOCC2)c2nc(NC(=O)c3ccc(C(=O)N(C)C)nc3)[nH]c12. The number of hydrogen-bond acceptors (Lipinski definition) is 7. The van der Waals surface area contributed by atoms with Crippen molar-refractivity contribution in [1.29, 1.82) is 0 Å². The topological polar surface area (TPSA) is 113 Å². The fourth-order valence-electron chi connectivity index (χ4n) is 3.41. The molecule has 0 saturated carbocycles. The summed E-state index contributed by atoms with van der Waals surface area (Å²) in [4.78, 5) is 40.1.